The summed E-state index contributed by atoms with van der Waals surface area (Å²) < 4.78 is 0. The van der Waals surface area contributed by atoms with Gasteiger partial charge < -0.3 is 4.84 Å². The van der Waals surface area contributed by atoms with Crippen molar-refractivity contribution in [1.82, 2.24) is 0 Å². The fourth-order valence-electron chi connectivity index (χ4n) is 2.34. The molecule has 1 aromatic rings. The minimum absolute atomic E-state index is 0.0664. The van der Waals surface area contributed by atoms with Crippen molar-refractivity contribution in [3.05, 3.63) is 28.8 Å². The van der Waals surface area contributed by atoms with Gasteiger partial charge in [-0.15, -0.1) is 11.6 Å². The summed E-state index contributed by atoms with van der Waals surface area (Å²) in [7, 11) is 0. The van der Waals surface area contributed by atoms with E-state index >= 15 is 0 Å². The summed E-state index contributed by atoms with van der Waals surface area (Å²) in [6, 6.07) is 4.19. The van der Waals surface area contributed by atoms with E-state index in [9.17, 15) is 4.79 Å². The summed E-state index contributed by atoms with van der Waals surface area (Å²) in [5.41, 5.74) is 4.31. The van der Waals surface area contributed by atoms with Crippen LogP contribution in [-0.4, -0.2) is 24.7 Å². The van der Waals surface area contributed by atoms with Crippen LogP contribution in [-0.2, 0) is 22.5 Å². The lowest BCUT2D eigenvalue weighted by molar-refractivity contribution is -0.117. The van der Waals surface area contributed by atoms with Crippen LogP contribution in [0, 0.1) is 6.92 Å². The number of nitrogens with zero attached hydrogens (tertiary/aromatic N) is 2. The largest absolute Gasteiger partial charge is 0.374 e. The lowest BCUT2D eigenvalue weighted by atomic mass is 9.98. The number of rotatable bonds is 7. The molecule has 1 amide bonds. The van der Waals surface area contributed by atoms with Gasteiger partial charge in [0.25, 0.3) is 0 Å². The highest BCUT2D eigenvalue weighted by molar-refractivity contribution is 6.29. The molecule has 0 aromatic heterocycles. The minimum Gasteiger partial charge on any atom is -0.374 e. The van der Waals surface area contributed by atoms with E-state index in [1.54, 1.807) is 18.0 Å². The van der Waals surface area contributed by atoms with Crippen molar-refractivity contribution in [3.63, 3.8) is 0 Å². The first-order valence-electron chi connectivity index (χ1n) is 7.18. The Morgan fingerprint density at radius 3 is 2.48 bits per heavy atom. The molecule has 0 fully saturated rings. The molecule has 1 rings (SSSR count). The number of carbonyl (C=O) groups is 1. The van der Waals surface area contributed by atoms with Gasteiger partial charge in [0, 0.05) is 6.21 Å². The molecule has 0 aliphatic rings. The van der Waals surface area contributed by atoms with Crippen molar-refractivity contribution in [2.45, 2.75) is 40.5 Å². The van der Waals surface area contributed by atoms with E-state index in [2.05, 4.69) is 31.1 Å². The Bertz CT molecular complexity index is 515. The molecule has 0 spiro atoms. The van der Waals surface area contributed by atoms with Crippen LogP contribution in [0.1, 0.15) is 37.5 Å². The zero-order valence-corrected chi connectivity index (χ0v) is 13.9. The number of halogens is 1. The van der Waals surface area contributed by atoms with Gasteiger partial charge in [0.15, 0.2) is 6.73 Å². The maximum absolute atomic E-state index is 12.2. The number of alkyl halides is 1. The monoisotopic (exact) mass is 310 g/mol. The quantitative estimate of drug-likeness (QED) is 0.334. The topological polar surface area (TPSA) is 41.9 Å². The molecule has 116 valence electrons. The fraction of sp³-hybridized carbons (Fsp3) is 0.500. The third-order valence-corrected chi connectivity index (χ3v) is 3.67. The molecule has 0 saturated heterocycles. The number of amides is 1. The second kappa shape index (κ2) is 8.67. The summed E-state index contributed by atoms with van der Waals surface area (Å²) in [6.07, 6.45) is 3.29. The standard InChI is InChI=1S/C16H23ClN2O2/c1-5-13-8-9-14(6-2)16(12(13)4)19(15(20)10-17)11-21-18-7-3/h7-9H,5-6,10-11H2,1-4H3/b18-7+. The minimum atomic E-state index is -0.186. The number of anilines is 1. The van der Waals surface area contributed by atoms with E-state index < -0.39 is 0 Å². The molecule has 0 heterocycles. The van der Waals surface area contributed by atoms with Gasteiger partial charge in [0.05, 0.1) is 5.69 Å². The van der Waals surface area contributed by atoms with E-state index in [4.69, 9.17) is 16.4 Å². The molecule has 0 unspecified atom stereocenters. The third kappa shape index (κ3) is 4.21. The van der Waals surface area contributed by atoms with Crippen molar-refractivity contribution in [1.29, 1.82) is 0 Å². The van der Waals surface area contributed by atoms with Gasteiger partial charge in [0.1, 0.15) is 5.88 Å². The number of benzene rings is 1. The van der Waals surface area contributed by atoms with Gasteiger partial charge in [-0.25, -0.2) is 0 Å². The normalized spacial score (nSPS) is 10.9. The second-order valence-electron chi connectivity index (χ2n) is 4.64. The van der Waals surface area contributed by atoms with Crippen molar-refractivity contribution < 1.29 is 9.63 Å². The number of carbonyl (C=O) groups excluding carboxylic acids is 1. The molecular formula is C16H23ClN2O2. The Morgan fingerprint density at radius 1 is 1.33 bits per heavy atom. The average molecular weight is 311 g/mol. The molecule has 0 aliphatic heterocycles. The molecule has 0 bridgehead atoms. The zero-order chi connectivity index (χ0) is 15.8. The fourth-order valence-corrected chi connectivity index (χ4v) is 2.49. The second-order valence-corrected chi connectivity index (χ2v) is 4.91. The van der Waals surface area contributed by atoms with E-state index in [1.165, 1.54) is 5.56 Å². The molecule has 4 nitrogen and oxygen atoms in total. The molecule has 1 aromatic carbocycles. The van der Waals surface area contributed by atoms with Crippen LogP contribution >= 0.6 is 11.6 Å². The van der Waals surface area contributed by atoms with Gasteiger partial charge in [-0.2, -0.15) is 0 Å². The van der Waals surface area contributed by atoms with Crippen LogP contribution in [0.2, 0.25) is 0 Å². The Kier molecular flexibility index (Phi) is 7.23. The average Bonchev–Trinajstić information content (AvgIpc) is 2.51. The zero-order valence-electron chi connectivity index (χ0n) is 13.1. The molecule has 0 N–H and O–H groups in total. The molecule has 21 heavy (non-hydrogen) atoms. The van der Waals surface area contributed by atoms with Crippen LogP contribution in [0.5, 0.6) is 0 Å². The van der Waals surface area contributed by atoms with Crippen molar-refractivity contribution in [2.75, 3.05) is 17.5 Å². The number of aryl methyl sites for hydroxylation is 2. The summed E-state index contributed by atoms with van der Waals surface area (Å²) in [5, 5.41) is 3.72. The van der Waals surface area contributed by atoms with Crippen LogP contribution in [0.25, 0.3) is 0 Å². The van der Waals surface area contributed by atoms with Gasteiger partial charge in [-0.1, -0.05) is 31.1 Å². The summed E-state index contributed by atoms with van der Waals surface area (Å²) in [4.78, 5) is 18.9. The van der Waals surface area contributed by atoms with E-state index in [-0.39, 0.29) is 18.5 Å². The van der Waals surface area contributed by atoms with Crippen LogP contribution < -0.4 is 4.90 Å². The van der Waals surface area contributed by atoms with Crippen LogP contribution in [0.15, 0.2) is 17.3 Å². The van der Waals surface area contributed by atoms with E-state index in [1.807, 2.05) is 6.92 Å². The maximum Gasteiger partial charge on any atom is 0.244 e. The van der Waals surface area contributed by atoms with E-state index in [0.717, 1.165) is 29.7 Å². The van der Waals surface area contributed by atoms with Gasteiger partial charge >= 0.3 is 0 Å². The first-order valence-corrected chi connectivity index (χ1v) is 7.71. The highest BCUT2D eigenvalue weighted by Crippen LogP contribution is 2.29. The molecular weight excluding hydrogens is 288 g/mol. The highest BCUT2D eigenvalue weighted by atomic mass is 35.5. The Morgan fingerprint density at radius 2 is 1.95 bits per heavy atom. The Hall–Kier alpha value is -1.55. The molecule has 5 heteroatoms. The lowest BCUT2D eigenvalue weighted by Crippen LogP contribution is -2.35. The van der Waals surface area contributed by atoms with E-state index in [0.29, 0.717) is 0 Å². The lowest BCUT2D eigenvalue weighted by Gasteiger charge is -2.26. The summed E-state index contributed by atoms with van der Waals surface area (Å²) in [6.45, 7) is 8.03. The first kappa shape index (κ1) is 17.5. The smallest absolute Gasteiger partial charge is 0.244 e. The highest BCUT2D eigenvalue weighted by Gasteiger charge is 2.21. The number of oxime groups is 1. The predicted molar refractivity (Wildman–Crippen MR) is 88.3 cm³/mol. The molecule has 0 atom stereocenters. The molecule has 0 aliphatic carbocycles. The Labute approximate surface area is 131 Å². The molecule has 0 radical (unpaired) electrons. The van der Waals surface area contributed by atoms with Crippen molar-refractivity contribution in [3.8, 4) is 0 Å². The van der Waals surface area contributed by atoms with Crippen molar-refractivity contribution in [2.24, 2.45) is 5.16 Å². The summed E-state index contributed by atoms with van der Waals surface area (Å²) in [5.74, 6) is -0.271. The Balaban J connectivity index is 3.30. The third-order valence-electron chi connectivity index (χ3n) is 3.44. The van der Waals surface area contributed by atoms with Gasteiger partial charge in [0.2, 0.25) is 5.91 Å². The summed E-state index contributed by atoms with van der Waals surface area (Å²) >= 11 is 5.75. The maximum atomic E-state index is 12.2. The number of hydrogen-bond donors (Lipinski definition) is 0. The number of hydrogen-bond acceptors (Lipinski definition) is 3. The van der Waals surface area contributed by atoms with Gasteiger partial charge in [-0.05, 0) is 43.4 Å². The van der Waals surface area contributed by atoms with Gasteiger partial charge in [-0.3, -0.25) is 9.69 Å². The SMILES string of the molecule is C/C=N/OCN(C(=O)CCl)c1c(CC)ccc(CC)c1C. The molecule has 0 saturated carbocycles. The van der Waals surface area contributed by atoms with Crippen molar-refractivity contribution >= 4 is 29.4 Å². The first-order chi connectivity index (χ1) is 10.1. The van der Waals surface area contributed by atoms with Crippen LogP contribution in [0.4, 0.5) is 5.69 Å². The predicted octanol–water partition coefficient (Wildman–Crippen LogP) is 3.67. The van der Waals surface area contributed by atoms with Crippen LogP contribution in [0.3, 0.4) is 0 Å².